The number of nitrogens with one attached hydrogen (secondary N) is 1. The van der Waals surface area contributed by atoms with Crippen molar-refractivity contribution in [1.29, 1.82) is 0 Å². The molecule has 0 radical (unpaired) electrons. The molecule has 2 N–H and O–H groups in total. The van der Waals surface area contributed by atoms with Gasteiger partial charge in [-0.05, 0) is 60.9 Å². The zero-order valence-electron chi connectivity index (χ0n) is 22.3. The molecule has 7 rings (SSSR count). The minimum Gasteiger partial charge on any atom is -0.497 e. The highest BCUT2D eigenvalue weighted by Gasteiger charge is 2.73. The molecule has 7 heteroatoms. The van der Waals surface area contributed by atoms with Crippen LogP contribution in [0, 0.1) is 13.8 Å². The van der Waals surface area contributed by atoms with E-state index in [0.29, 0.717) is 33.9 Å². The van der Waals surface area contributed by atoms with Gasteiger partial charge in [0.05, 0.1) is 24.3 Å². The molecule has 5 aromatic rings. The molecule has 2 aliphatic rings. The quantitative estimate of drug-likeness (QED) is 0.335. The summed E-state index contributed by atoms with van der Waals surface area (Å²) in [6, 6.07) is 26.6. The number of fused-ring (bicyclic) bond motifs is 5. The molecule has 0 fully saturated rings. The third kappa shape index (κ3) is 3.12. The van der Waals surface area contributed by atoms with Gasteiger partial charge in [-0.1, -0.05) is 54.6 Å². The van der Waals surface area contributed by atoms with E-state index in [9.17, 15) is 9.90 Å². The lowest BCUT2D eigenvalue weighted by molar-refractivity contribution is -0.0906. The number of aromatic amines is 1. The molecule has 2 aromatic heterocycles. The maximum absolute atomic E-state index is 14.1. The third-order valence-corrected chi connectivity index (χ3v) is 8.17. The van der Waals surface area contributed by atoms with Crippen LogP contribution in [0.1, 0.15) is 45.0 Å². The van der Waals surface area contributed by atoms with Crippen molar-refractivity contribution in [3.8, 4) is 23.0 Å². The van der Waals surface area contributed by atoms with Crippen LogP contribution in [0.5, 0.6) is 11.5 Å². The number of H-pyrrole nitrogens is 1. The summed E-state index contributed by atoms with van der Waals surface area (Å²) in [5, 5.41) is 13.3. The van der Waals surface area contributed by atoms with E-state index in [-0.39, 0.29) is 17.1 Å². The summed E-state index contributed by atoms with van der Waals surface area (Å²) in [5.74, 6) is 0.854. The lowest BCUT2D eigenvalue weighted by Crippen LogP contribution is -2.49. The number of nitrogens with zero attached hydrogens (tertiary/aromatic N) is 2. The van der Waals surface area contributed by atoms with Crippen LogP contribution in [-0.2, 0) is 11.2 Å². The zero-order chi connectivity index (χ0) is 27.6. The van der Waals surface area contributed by atoms with Crippen molar-refractivity contribution in [3.63, 3.8) is 0 Å². The van der Waals surface area contributed by atoms with Gasteiger partial charge in [-0.15, -0.1) is 0 Å². The number of aromatic nitrogens is 3. The number of benzene rings is 3. The number of rotatable bonds is 4. The molecule has 0 saturated heterocycles. The van der Waals surface area contributed by atoms with E-state index in [1.807, 2.05) is 86.6 Å². The van der Waals surface area contributed by atoms with Crippen LogP contribution in [0.25, 0.3) is 11.5 Å². The van der Waals surface area contributed by atoms with Crippen LogP contribution in [0.2, 0.25) is 0 Å². The van der Waals surface area contributed by atoms with Crippen LogP contribution in [0.4, 0.5) is 0 Å². The summed E-state index contributed by atoms with van der Waals surface area (Å²) in [6.45, 7) is 3.96. The van der Waals surface area contributed by atoms with Crippen LogP contribution < -0.4 is 15.0 Å². The van der Waals surface area contributed by atoms with Gasteiger partial charge in [-0.25, -0.2) is 4.98 Å². The van der Waals surface area contributed by atoms with Crippen LogP contribution in [-0.4, -0.2) is 27.2 Å². The number of pyridine rings is 1. The van der Waals surface area contributed by atoms with E-state index in [1.165, 1.54) is 0 Å². The second-order valence-electron chi connectivity index (χ2n) is 10.5. The molecule has 0 bridgehead atoms. The lowest BCUT2D eigenvalue weighted by atomic mass is 9.69. The Bertz CT molecular complexity index is 1820. The molecule has 3 heterocycles. The summed E-state index contributed by atoms with van der Waals surface area (Å²) in [7, 11) is 1.61. The standard InChI is InChI=1S/C33H27N3O4/c1-19-17-20(2)27-25(18-19)40-33(22-12-14-23(39-3)15-13-22)28(21-9-5-4-6-10-21)26-29(32(27,33)38)35-30(36-31(26)37)24-11-7-8-16-34-24/h4-18,28,38H,1-3H3,(H,35,36,37)/t28-,32+,33+/m1/s1. The number of aryl methyl sites for hydroxylation is 2. The van der Waals surface area contributed by atoms with E-state index in [0.717, 1.165) is 16.7 Å². The van der Waals surface area contributed by atoms with Crippen molar-refractivity contribution >= 4 is 0 Å². The van der Waals surface area contributed by atoms with E-state index in [4.69, 9.17) is 14.5 Å². The predicted octanol–water partition coefficient (Wildman–Crippen LogP) is 5.13. The fraction of sp³-hybridized carbons (Fsp3) is 0.182. The third-order valence-electron chi connectivity index (χ3n) is 8.17. The lowest BCUT2D eigenvalue weighted by Gasteiger charge is -2.40. The molecule has 40 heavy (non-hydrogen) atoms. The van der Waals surface area contributed by atoms with Gasteiger partial charge >= 0.3 is 0 Å². The monoisotopic (exact) mass is 529 g/mol. The maximum Gasteiger partial charge on any atom is 0.255 e. The van der Waals surface area contributed by atoms with Crippen molar-refractivity contribution in [2.75, 3.05) is 7.11 Å². The van der Waals surface area contributed by atoms with E-state index < -0.39 is 17.1 Å². The van der Waals surface area contributed by atoms with Gasteiger partial charge in [0.15, 0.2) is 17.0 Å². The molecule has 3 atom stereocenters. The molecule has 7 nitrogen and oxygen atoms in total. The van der Waals surface area contributed by atoms with Crippen molar-refractivity contribution in [1.82, 2.24) is 15.0 Å². The van der Waals surface area contributed by atoms with Crippen LogP contribution in [0.3, 0.4) is 0 Å². The van der Waals surface area contributed by atoms with Crippen molar-refractivity contribution < 1.29 is 14.6 Å². The first-order valence-corrected chi connectivity index (χ1v) is 13.2. The number of ether oxygens (including phenoxy) is 2. The highest BCUT2D eigenvalue weighted by Crippen LogP contribution is 2.68. The average molecular weight is 530 g/mol. The first-order valence-electron chi connectivity index (χ1n) is 13.2. The van der Waals surface area contributed by atoms with Gasteiger partial charge in [-0.2, -0.15) is 0 Å². The second kappa shape index (κ2) is 8.63. The first-order chi connectivity index (χ1) is 19.4. The van der Waals surface area contributed by atoms with Gasteiger partial charge in [-0.3, -0.25) is 9.78 Å². The molecule has 0 saturated carbocycles. The van der Waals surface area contributed by atoms with E-state index >= 15 is 0 Å². The second-order valence-corrected chi connectivity index (χ2v) is 10.5. The highest BCUT2D eigenvalue weighted by atomic mass is 16.5. The number of methoxy groups -OCH3 is 1. The smallest absolute Gasteiger partial charge is 0.255 e. The van der Waals surface area contributed by atoms with Crippen LogP contribution in [0.15, 0.2) is 95.9 Å². The van der Waals surface area contributed by atoms with Gasteiger partial charge in [0, 0.05) is 17.3 Å². The molecule has 198 valence electrons. The van der Waals surface area contributed by atoms with Crippen molar-refractivity contribution in [2.24, 2.45) is 0 Å². The Kier molecular flexibility index (Phi) is 5.24. The van der Waals surface area contributed by atoms with Crippen LogP contribution >= 0.6 is 0 Å². The fourth-order valence-corrected chi connectivity index (χ4v) is 6.64. The predicted molar refractivity (Wildman–Crippen MR) is 151 cm³/mol. The topological polar surface area (TPSA) is 97.3 Å². The molecular formula is C33H27N3O4. The minimum absolute atomic E-state index is 0.271. The molecule has 0 unspecified atom stereocenters. The first kappa shape index (κ1) is 24.3. The summed E-state index contributed by atoms with van der Waals surface area (Å²) in [4.78, 5) is 26.4. The number of hydrogen-bond acceptors (Lipinski definition) is 6. The maximum atomic E-state index is 14.1. The Morgan fingerprint density at radius 1 is 0.975 bits per heavy atom. The molecular weight excluding hydrogens is 502 g/mol. The summed E-state index contributed by atoms with van der Waals surface area (Å²) in [5.41, 5.74) is 1.60. The highest BCUT2D eigenvalue weighted by molar-refractivity contribution is 5.67. The van der Waals surface area contributed by atoms with Gasteiger partial charge in [0.2, 0.25) is 0 Å². The Morgan fingerprint density at radius 2 is 1.73 bits per heavy atom. The molecule has 0 spiro atoms. The van der Waals surface area contributed by atoms with Gasteiger partial charge in [0.25, 0.3) is 5.56 Å². The Hall–Kier alpha value is -4.75. The minimum atomic E-state index is -1.79. The zero-order valence-corrected chi connectivity index (χ0v) is 22.3. The SMILES string of the molecule is COc1ccc([C@@]23Oc4cc(C)cc(C)c4[C@]2(O)c2nc(-c4ccccn4)[nH]c(=O)c2[C@H]3c2ccccc2)cc1. The van der Waals surface area contributed by atoms with Gasteiger partial charge in [0.1, 0.15) is 17.2 Å². The molecule has 1 aliphatic heterocycles. The van der Waals surface area contributed by atoms with Gasteiger partial charge < -0.3 is 19.6 Å². The Labute approximate surface area is 231 Å². The van der Waals surface area contributed by atoms with Crippen molar-refractivity contribution in [2.45, 2.75) is 31.0 Å². The Morgan fingerprint density at radius 3 is 2.42 bits per heavy atom. The average Bonchev–Trinajstić information content (AvgIpc) is 3.36. The Balaban J connectivity index is 1.63. The van der Waals surface area contributed by atoms with Crippen molar-refractivity contribution in [3.05, 3.63) is 141 Å². The molecule has 3 aromatic carbocycles. The number of hydrogen-bond donors (Lipinski definition) is 2. The molecule has 0 amide bonds. The summed E-state index contributed by atoms with van der Waals surface area (Å²) >= 11 is 0. The number of aliphatic hydroxyl groups is 1. The normalized spacial score (nSPS) is 22.2. The summed E-state index contributed by atoms with van der Waals surface area (Å²) < 4.78 is 12.4. The van der Waals surface area contributed by atoms with E-state index in [1.54, 1.807) is 25.4 Å². The largest absolute Gasteiger partial charge is 0.497 e. The molecule has 1 aliphatic carbocycles. The summed E-state index contributed by atoms with van der Waals surface area (Å²) in [6.07, 6.45) is 1.65. The van der Waals surface area contributed by atoms with E-state index in [2.05, 4.69) is 9.97 Å². The fourth-order valence-electron chi connectivity index (χ4n) is 6.64.